The van der Waals surface area contributed by atoms with Gasteiger partial charge in [-0.1, -0.05) is 19.1 Å². The normalized spacial score (nSPS) is 12.8. The van der Waals surface area contributed by atoms with Crippen molar-refractivity contribution in [1.29, 1.82) is 0 Å². The predicted molar refractivity (Wildman–Crippen MR) is 59.4 cm³/mol. The van der Waals surface area contributed by atoms with Crippen LogP contribution in [0.3, 0.4) is 0 Å². The lowest BCUT2D eigenvalue weighted by Gasteiger charge is -2.09. The summed E-state index contributed by atoms with van der Waals surface area (Å²) >= 11 is 1.75. The Bertz CT molecular complexity index is 258. The SMILES string of the molecule is CC(CCO)Sc1ccc(CO)cc1. The smallest absolute Gasteiger partial charge is 0.0681 e. The molecule has 1 aromatic carbocycles. The second kappa shape index (κ2) is 6.06. The maximum Gasteiger partial charge on any atom is 0.0681 e. The standard InChI is InChI=1S/C11H16O2S/c1-9(6-7-12)14-11-4-2-10(8-13)3-5-11/h2-5,9,12-13H,6-8H2,1H3. The first-order valence-corrected chi connectivity index (χ1v) is 5.61. The molecule has 0 aromatic heterocycles. The van der Waals surface area contributed by atoms with Crippen LogP contribution in [0.4, 0.5) is 0 Å². The van der Waals surface area contributed by atoms with Crippen LogP contribution in [-0.2, 0) is 6.61 Å². The summed E-state index contributed by atoms with van der Waals surface area (Å²) in [5.74, 6) is 0. The van der Waals surface area contributed by atoms with Crippen LogP contribution in [0, 0.1) is 0 Å². The molecule has 0 bridgehead atoms. The fraction of sp³-hybridized carbons (Fsp3) is 0.455. The molecule has 1 rings (SSSR count). The van der Waals surface area contributed by atoms with Gasteiger partial charge in [0, 0.05) is 16.8 Å². The number of rotatable bonds is 5. The second-order valence-corrected chi connectivity index (χ2v) is 4.75. The molecule has 0 fully saturated rings. The number of benzene rings is 1. The quantitative estimate of drug-likeness (QED) is 0.734. The molecule has 0 amide bonds. The third-order valence-corrected chi connectivity index (χ3v) is 3.16. The fourth-order valence-electron chi connectivity index (χ4n) is 1.15. The molecular weight excluding hydrogens is 196 g/mol. The summed E-state index contributed by atoms with van der Waals surface area (Å²) in [6, 6.07) is 7.86. The van der Waals surface area contributed by atoms with Crippen LogP contribution in [0.5, 0.6) is 0 Å². The van der Waals surface area contributed by atoms with E-state index in [4.69, 9.17) is 10.2 Å². The molecule has 2 nitrogen and oxygen atoms in total. The van der Waals surface area contributed by atoms with Crippen molar-refractivity contribution >= 4 is 11.8 Å². The van der Waals surface area contributed by atoms with Crippen LogP contribution in [0.15, 0.2) is 29.2 Å². The van der Waals surface area contributed by atoms with E-state index < -0.39 is 0 Å². The van der Waals surface area contributed by atoms with E-state index in [1.165, 1.54) is 4.90 Å². The van der Waals surface area contributed by atoms with Crippen molar-refractivity contribution in [2.45, 2.75) is 30.1 Å². The van der Waals surface area contributed by atoms with Gasteiger partial charge in [0.05, 0.1) is 6.61 Å². The van der Waals surface area contributed by atoms with Crippen molar-refractivity contribution < 1.29 is 10.2 Å². The third-order valence-electron chi connectivity index (χ3n) is 1.98. The van der Waals surface area contributed by atoms with Gasteiger partial charge in [-0.25, -0.2) is 0 Å². The Morgan fingerprint density at radius 2 is 1.86 bits per heavy atom. The number of hydrogen-bond donors (Lipinski definition) is 2. The van der Waals surface area contributed by atoms with Crippen molar-refractivity contribution in [2.75, 3.05) is 6.61 Å². The highest BCUT2D eigenvalue weighted by Crippen LogP contribution is 2.24. The summed E-state index contributed by atoms with van der Waals surface area (Å²) in [4.78, 5) is 1.18. The largest absolute Gasteiger partial charge is 0.396 e. The Morgan fingerprint density at radius 3 is 2.36 bits per heavy atom. The molecule has 14 heavy (non-hydrogen) atoms. The van der Waals surface area contributed by atoms with Crippen molar-refractivity contribution in [3.05, 3.63) is 29.8 Å². The lowest BCUT2D eigenvalue weighted by Crippen LogP contribution is -1.98. The zero-order valence-electron chi connectivity index (χ0n) is 8.31. The molecular formula is C11H16O2S. The minimum atomic E-state index is 0.0944. The van der Waals surface area contributed by atoms with E-state index in [0.29, 0.717) is 5.25 Å². The second-order valence-electron chi connectivity index (χ2n) is 3.24. The highest BCUT2D eigenvalue weighted by molar-refractivity contribution is 7.99. The Labute approximate surface area is 89.0 Å². The van der Waals surface area contributed by atoms with Crippen LogP contribution in [-0.4, -0.2) is 22.1 Å². The van der Waals surface area contributed by atoms with Crippen molar-refractivity contribution in [3.63, 3.8) is 0 Å². The van der Waals surface area contributed by atoms with E-state index in [1.807, 2.05) is 24.3 Å². The molecule has 0 heterocycles. The van der Waals surface area contributed by atoms with Gasteiger partial charge < -0.3 is 10.2 Å². The van der Waals surface area contributed by atoms with Crippen molar-refractivity contribution in [1.82, 2.24) is 0 Å². The maximum absolute atomic E-state index is 8.85. The summed E-state index contributed by atoms with van der Waals surface area (Å²) in [5, 5.41) is 18.0. The molecule has 0 aliphatic carbocycles. The first kappa shape index (κ1) is 11.6. The van der Waals surface area contributed by atoms with Crippen LogP contribution < -0.4 is 0 Å². The molecule has 0 aliphatic rings. The Kier molecular flexibility index (Phi) is 5.01. The number of aliphatic hydroxyl groups is 2. The summed E-state index contributed by atoms with van der Waals surface area (Å²) in [5.41, 5.74) is 0.934. The molecule has 1 atom stereocenters. The molecule has 0 radical (unpaired) electrons. The molecule has 1 unspecified atom stereocenters. The lowest BCUT2D eigenvalue weighted by molar-refractivity contribution is 0.282. The third kappa shape index (κ3) is 3.70. The van der Waals surface area contributed by atoms with E-state index >= 15 is 0 Å². The average molecular weight is 212 g/mol. The Balaban J connectivity index is 2.50. The minimum Gasteiger partial charge on any atom is -0.396 e. The molecule has 0 spiro atoms. The van der Waals surface area contributed by atoms with Gasteiger partial charge in [0.15, 0.2) is 0 Å². The summed E-state index contributed by atoms with van der Waals surface area (Å²) in [6.45, 7) is 2.43. The maximum atomic E-state index is 8.85. The molecule has 2 N–H and O–H groups in total. The molecule has 1 aromatic rings. The van der Waals surface area contributed by atoms with Crippen LogP contribution in [0.2, 0.25) is 0 Å². The molecule has 0 saturated carbocycles. The lowest BCUT2D eigenvalue weighted by atomic mass is 10.2. The van der Waals surface area contributed by atoms with E-state index in [-0.39, 0.29) is 13.2 Å². The van der Waals surface area contributed by atoms with E-state index in [9.17, 15) is 0 Å². The van der Waals surface area contributed by atoms with Gasteiger partial charge in [0.2, 0.25) is 0 Å². The van der Waals surface area contributed by atoms with E-state index in [1.54, 1.807) is 11.8 Å². The summed E-state index contributed by atoms with van der Waals surface area (Å²) < 4.78 is 0. The highest BCUT2D eigenvalue weighted by atomic mass is 32.2. The van der Waals surface area contributed by atoms with Crippen LogP contribution in [0.25, 0.3) is 0 Å². The van der Waals surface area contributed by atoms with Gasteiger partial charge in [0.25, 0.3) is 0 Å². The first-order valence-electron chi connectivity index (χ1n) is 4.73. The van der Waals surface area contributed by atoms with Gasteiger partial charge in [-0.05, 0) is 24.1 Å². The van der Waals surface area contributed by atoms with Gasteiger partial charge in [-0.3, -0.25) is 0 Å². The number of hydrogen-bond acceptors (Lipinski definition) is 3. The first-order chi connectivity index (χ1) is 6.76. The van der Waals surface area contributed by atoms with E-state index in [2.05, 4.69) is 6.92 Å². The van der Waals surface area contributed by atoms with Crippen molar-refractivity contribution in [3.8, 4) is 0 Å². The van der Waals surface area contributed by atoms with Gasteiger partial charge >= 0.3 is 0 Å². The van der Waals surface area contributed by atoms with Crippen molar-refractivity contribution in [2.24, 2.45) is 0 Å². The monoisotopic (exact) mass is 212 g/mol. The molecule has 0 saturated heterocycles. The highest BCUT2D eigenvalue weighted by Gasteiger charge is 2.03. The Morgan fingerprint density at radius 1 is 1.21 bits per heavy atom. The zero-order valence-corrected chi connectivity index (χ0v) is 9.13. The van der Waals surface area contributed by atoms with E-state index in [0.717, 1.165) is 12.0 Å². The molecule has 0 aliphatic heterocycles. The molecule has 3 heteroatoms. The van der Waals surface area contributed by atoms with Gasteiger partial charge in [-0.15, -0.1) is 11.8 Å². The topological polar surface area (TPSA) is 40.5 Å². The number of thioether (sulfide) groups is 1. The average Bonchev–Trinajstić information content (AvgIpc) is 2.19. The fourth-order valence-corrected chi connectivity index (χ4v) is 2.13. The van der Waals surface area contributed by atoms with Crippen LogP contribution in [0.1, 0.15) is 18.9 Å². The Hall–Kier alpha value is -0.510. The zero-order chi connectivity index (χ0) is 10.4. The van der Waals surface area contributed by atoms with Crippen LogP contribution >= 0.6 is 11.8 Å². The van der Waals surface area contributed by atoms with Gasteiger partial charge in [0.1, 0.15) is 0 Å². The minimum absolute atomic E-state index is 0.0944. The summed E-state index contributed by atoms with van der Waals surface area (Å²) in [6.07, 6.45) is 0.812. The molecule has 78 valence electrons. The predicted octanol–water partition coefficient (Wildman–Crippen LogP) is 2.04. The summed E-state index contributed by atoms with van der Waals surface area (Å²) in [7, 11) is 0. The van der Waals surface area contributed by atoms with Gasteiger partial charge in [-0.2, -0.15) is 0 Å². The number of aliphatic hydroxyl groups excluding tert-OH is 2.